The molecular weight excluding hydrogens is 250 g/mol. The Morgan fingerprint density at radius 1 is 1.40 bits per heavy atom. The SMILES string of the molecule is Cc1cc(C(=O)O)ccc1NC1CCC(C)(C)CC1C. The molecule has 2 N–H and O–H groups in total. The van der Waals surface area contributed by atoms with Gasteiger partial charge in [-0.3, -0.25) is 0 Å². The summed E-state index contributed by atoms with van der Waals surface area (Å²) in [6.07, 6.45) is 3.65. The van der Waals surface area contributed by atoms with Crippen molar-refractivity contribution in [2.45, 2.75) is 53.0 Å². The number of hydrogen-bond acceptors (Lipinski definition) is 2. The van der Waals surface area contributed by atoms with Crippen molar-refractivity contribution in [3.8, 4) is 0 Å². The summed E-state index contributed by atoms with van der Waals surface area (Å²) in [5, 5.41) is 12.6. The fourth-order valence-electron chi connectivity index (χ4n) is 3.32. The molecule has 0 radical (unpaired) electrons. The first-order valence-electron chi connectivity index (χ1n) is 7.39. The molecule has 1 aliphatic rings. The smallest absolute Gasteiger partial charge is 0.335 e. The average Bonchev–Trinajstić information content (AvgIpc) is 2.33. The molecule has 1 aromatic carbocycles. The highest BCUT2D eigenvalue weighted by atomic mass is 16.4. The third-order valence-corrected chi connectivity index (χ3v) is 4.51. The van der Waals surface area contributed by atoms with Crippen LogP contribution < -0.4 is 5.32 Å². The monoisotopic (exact) mass is 275 g/mol. The Morgan fingerprint density at radius 2 is 2.10 bits per heavy atom. The van der Waals surface area contributed by atoms with E-state index in [-0.39, 0.29) is 0 Å². The van der Waals surface area contributed by atoms with Gasteiger partial charge in [-0.15, -0.1) is 0 Å². The van der Waals surface area contributed by atoms with Gasteiger partial charge >= 0.3 is 5.97 Å². The molecule has 0 spiro atoms. The second-order valence-corrected chi connectivity index (χ2v) is 6.97. The number of aryl methyl sites for hydroxylation is 1. The number of aromatic carboxylic acids is 1. The Labute approximate surface area is 121 Å². The highest BCUT2D eigenvalue weighted by molar-refractivity contribution is 5.88. The number of carboxylic acids is 1. The van der Waals surface area contributed by atoms with Crippen LogP contribution in [0, 0.1) is 18.3 Å². The summed E-state index contributed by atoms with van der Waals surface area (Å²) in [5.41, 5.74) is 2.86. The van der Waals surface area contributed by atoms with Crippen molar-refractivity contribution >= 4 is 11.7 Å². The van der Waals surface area contributed by atoms with Crippen molar-refractivity contribution in [3.05, 3.63) is 29.3 Å². The Hall–Kier alpha value is -1.51. The van der Waals surface area contributed by atoms with Crippen LogP contribution in [0.3, 0.4) is 0 Å². The normalized spacial score (nSPS) is 25.2. The third-order valence-electron chi connectivity index (χ3n) is 4.51. The molecule has 3 heteroatoms. The van der Waals surface area contributed by atoms with Gasteiger partial charge in [0.1, 0.15) is 0 Å². The van der Waals surface area contributed by atoms with Crippen LogP contribution in [0.2, 0.25) is 0 Å². The maximum absolute atomic E-state index is 11.0. The number of carbonyl (C=O) groups is 1. The summed E-state index contributed by atoms with van der Waals surface area (Å²) in [5.74, 6) is -0.232. The summed E-state index contributed by atoms with van der Waals surface area (Å²) >= 11 is 0. The lowest BCUT2D eigenvalue weighted by atomic mass is 9.70. The van der Waals surface area contributed by atoms with E-state index in [1.165, 1.54) is 19.3 Å². The zero-order valence-corrected chi connectivity index (χ0v) is 12.9. The van der Waals surface area contributed by atoms with Crippen LogP contribution in [-0.4, -0.2) is 17.1 Å². The van der Waals surface area contributed by atoms with Gasteiger partial charge in [-0.1, -0.05) is 20.8 Å². The van der Waals surface area contributed by atoms with Crippen LogP contribution in [0.1, 0.15) is 56.0 Å². The van der Waals surface area contributed by atoms with E-state index in [1.807, 2.05) is 13.0 Å². The van der Waals surface area contributed by atoms with Crippen molar-refractivity contribution in [2.24, 2.45) is 11.3 Å². The van der Waals surface area contributed by atoms with Gasteiger partial charge in [0.2, 0.25) is 0 Å². The zero-order valence-electron chi connectivity index (χ0n) is 12.9. The Kier molecular flexibility index (Phi) is 4.07. The zero-order chi connectivity index (χ0) is 14.9. The van der Waals surface area contributed by atoms with E-state index in [9.17, 15) is 4.79 Å². The van der Waals surface area contributed by atoms with Gasteiger partial charge in [0, 0.05) is 11.7 Å². The molecule has 0 aromatic heterocycles. The predicted molar refractivity (Wildman–Crippen MR) is 82.3 cm³/mol. The minimum absolute atomic E-state index is 0.353. The Bertz CT molecular complexity index is 508. The second-order valence-electron chi connectivity index (χ2n) is 6.97. The van der Waals surface area contributed by atoms with E-state index in [0.717, 1.165) is 11.3 Å². The molecule has 20 heavy (non-hydrogen) atoms. The lowest BCUT2D eigenvalue weighted by molar-refractivity contribution is 0.0697. The highest BCUT2D eigenvalue weighted by Gasteiger charge is 2.32. The molecule has 0 saturated heterocycles. The quantitative estimate of drug-likeness (QED) is 0.863. The third kappa shape index (κ3) is 3.33. The molecule has 0 heterocycles. The molecule has 1 fully saturated rings. The Balaban J connectivity index is 2.09. The van der Waals surface area contributed by atoms with Gasteiger partial charge in [0.25, 0.3) is 0 Å². The van der Waals surface area contributed by atoms with Crippen LogP contribution in [0.25, 0.3) is 0 Å². The van der Waals surface area contributed by atoms with Crippen LogP contribution in [0.4, 0.5) is 5.69 Å². The van der Waals surface area contributed by atoms with E-state index in [1.54, 1.807) is 12.1 Å². The largest absolute Gasteiger partial charge is 0.478 e. The van der Waals surface area contributed by atoms with Crippen molar-refractivity contribution < 1.29 is 9.90 Å². The van der Waals surface area contributed by atoms with Gasteiger partial charge in [0.15, 0.2) is 0 Å². The standard InChI is InChI=1S/C17H25NO2/c1-11-9-13(16(19)20)5-6-14(11)18-15-7-8-17(3,4)10-12(15)2/h5-6,9,12,15,18H,7-8,10H2,1-4H3,(H,19,20). The van der Waals surface area contributed by atoms with Gasteiger partial charge in [-0.25, -0.2) is 4.79 Å². The van der Waals surface area contributed by atoms with E-state index >= 15 is 0 Å². The summed E-state index contributed by atoms with van der Waals surface area (Å²) in [6, 6.07) is 5.79. The van der Waals surface area contributed by atoms with Crippen LogP contribution >= 0.6 is 0 Å². The molecule has 0 bridgehead atoms. The number of carboxylic acid groups (broad SMARTS) is 1. The summed E-state index contributed by atoms with van der Waals surface area (Å²) in [4.78, 5) is 11.0. The van der Waals surface area contributed by atoms with Gasteiger partial charge < -0.3 is 10.4 Å². The average molecular weight is 275 g/mol. The van der Waals surface area contributed by atoms with Gasteiger partial charge in [-0.2, -0.15) is 0 Å². The van der Waals surface area contributed by atoms with E-state index < -0.39 is 5.97 Å². The maximum Gasteiger partial charge on any atom is 0.335 e. The van der Waals surface area contributed by atoms with Crippen LogP contribution in [0.15, 0.2) is 18.2 Å². The molecule has 110 valence electrons. The van der Waals surface area contributed by atoms with E-state index in [2.05, 4.69) is 26.1 Å². The number of rotatable bonds is 3. The van der Waals surface area contributed by atoms with Crippen LogP contribution in [-0.2, 0) is 0 Å². The molecule has 2 unspecified atom stereocenters. The molecule has 1 aromatic rings. The molecule has 2 rings (SSSR count). The van der Waals surface area contributed by atoms with Gasteiger partial charge in [0.05, 0.1) is 5.56 Å². The summed E-state index contributed by atoms with van der Waals surface area (Å²) in [7, 11) is 0. The first-order chi connectivity index (χ1) is 9.28. The molecule has 2 atom stereocenters. The fourth-order valence-corrected chi connectivity index (χ4v) is 3.32. The molecule has 1 aliphatic carbocycles. The molecular formula is C17H25NO2. The summed E-state index contributed by atoms with van der Waals surface area (Å²) in [6.45, 7) is 8.95. The lowest BCUT2D eigenvalue weighted by Gasteiger charge is -2.40. The topological polar surface area (TPSA) is 49.3 Å². The van der Waals surface area contributed by atoms with Gasteiger partial charge in [-0.05, 0) is 61.3 Å². The summed E-state index contributed by atoms with van der Waals surface area (Å²) < 4.78 is 0. The molecule has 0 amide bonds. The van der Waals surface area contributed by atoms with E-state index in [0.29, 0.717) is 22.9 Å². The minimum Gasteiger partial charge on any atom is -0.478 e. The molecule has 0 aliphatic heterocycles. The number of benzene rings is 1. The van der Waals surface area contributed by atoms with E-state index in [4.69, 9.17) is 5.11 Å². The molecule has 3 nitrogen and oxygen atoms in total. The maximum atomic E-state index is 11.0. The van der Waals surface area contributed by atoms with Crippen molar-refractivity contribution in [3.63, 3.8) is 0 Å². The Morgan fingerprint density at radius 3 is 2.65 bits per heavy atom. The fraction of sp³-hybridized carbons (Fsp3) is 0.588. The van der Waals surface area contributed by atoms with Crippen molar-refractivity contribution in [1.29, 1.82) is 0 Å². The lowest BCUT2D eigenvalue weighted by Crippen LogP contribution is -2.37. The second kappa shape index (κ2) is 5.47. The number of hydrogen-bond donors (Lipinski definition) is 2. The predicted octanol–water partition coefficient (Wildman–Crippen LogP) is 4.32. The number of nitrogens with one attached hydrogen (secondary N) is 1. The number of anilines is 1. The van der Waals surface area contributed by atoms with Crippen LogP contribution in [0.5, 0.6) is 0 Å². The molecule has 1 saturated carbocycles. The van der Waals surface area contributed by atoms with Crippen molar-refractivity contribution in [2.75, 3.05) is 5.32 Å². The first kappa shape index (κ1) is 14.9. The highest BCUT2D eigenvalue weighted by Crippen LogP contribution is 2.39. The van der Waals surface area contributed by atoms with Crippen molar-refractivity contribution in [1.82, 2.24) is 0 Å². The minimum atomic E-state index is -0.868. The first-order valence-corrected chi connectivity index (χ1v) is 7.39.